The van der Waals surface area contributed by atoms with Crippen LogP contribution in [-0.4, -0.2) is 9.13 Å². The Balaban J connectivity index is 2.33. The fraction of sp³-hybridized carbons (Fsp3) is 0. The number of halogens is 2. The van der Waals surface area contributed by atoms with Gasteiger partial charge < -0.3 is 0 Å². The van der Waals surface area contributed by atoms with E-state index in [4.69, 9.17) is 23.2 Å². The van der Waals surface area contributed by atoms with E-state index in [2.05, 4.69) is 13.2 Å². The van der Waals surface area contributed by atoms with Gasteiger partial charge in [-0.15, -0.1) is 0 Å². The van der Waals surface area contributed by atoms with Crippen molar-refractivity contribution in [3.8, 4) is 11.4 Å². The molecule has 0 aliphatic carbocycles. The van der Waals surface area contributed by atoms with Crippen LogP contribution >= 0.6 is 23.2 Å². The first-order valence-electron chi connectivity index (χ1n) is 6.52. The fourth-order valence-corrected chi connectivity index (χ4v) is 2.72. The lowest BCUT2D eigenvalue weighted by Crippen LogP contribution is -2.29. The quantitative estimate of drug-likeness (QED) is 0.709. The number of hydrogen-bond acceptors (Lipinski definition) is 1. The molecule has 1 heterocycles. The number of rotatable bonds is 2. The molecular formula is C17H12Cl2N2O. The van der Waals surface area contributed by atoms with E-state index in [9.17, 15) is 4.79 Å². The van der Waals surface area contributed by atoms with Crippen molar-refractivity contribution < 1.29 is 0 Å². The summed E-state index contributed by atoms with van der Waals surface area (Å²) in [6, 6.07) is 14.1. The first kappa shape index (κ1) is 14.7. The molecule has 0 atom stereocenters. The summed E-state index contributed by atoms with van der Waals surface area (Å²) in [6.07, 6.45) is 0. The topological polar surface area (TPSA) is 26.9 Å². The molecule has 0 saturated carbocycles. The molecule has 0 unspecified atom stereocenters. The highest BCUT2D eigenvalue weighted by Gasteiger charge is 2.11. The second kappa shape index (κ2) is 5.52. The lowest BCUT2D eigenvalue weighted by Gasteiger charge is -2.03. The van der Waals surface area contributed by atoms with Crippen molar-refractivity contribution in [3.63, 3.8) is 0 Å². The largest absolute Gasteiger partial charge is 0.338 e. The summed E-state index contributed by atoms with van der Waals surface area (Å²) in [5, 5.41) is 2.11. The van der Waals surface area contributed by atoms with Gasteiger partial charge in [0.1, 0.15) is 0 Å². The van der Waals surface area contributed by atoms with E-state index in [1.165, 1.54) is 9.13 Å². The fourth-order valence-electron chi connectivity index (χ4n) is 2.35. The molecule has 22 heavy (non-hydrogen) atoms. The SMILES string of the molecule is C=c1c(=C)n(-c2cccc(Cl)c2)c(=O)n1-c1cccc(Cl)c1. The Kier molecular flexibility index (Phi) is 3.69. The molecule has 0 aliphatic heterocycles. The average Bonchev–Trinajstić information content (AvgIpc) is 2.69. The summed E-state index contributed by atoms with van der Waals surface area (Å²) >= 11 is 12.0. The third kappa shape index (κ3) is 2.39. The zero-order chi connectivity index (χ0) is 15.9. The molecule has 1 aromatic heterocycles. The molecule has 0 N–H and O–H groups in total. The van der Waals surface area contributed by atoms with Gasteiger partial charge in [0.15, 0.2) is 0 Å². The Morgan fingerprint density at radius 2 is 1.18 bits per heavy atom. The van der Waals surface area contributed by atoms with Gasteiger partial charge in [-0.3, -0.25) is 9.13 Å². The number of hydrogen-bond donors (Lipinski definition) is 0. The highest BCUT2D eigenvalue weighted by molar-refractivity contribution is 6.31. The number of imidazole rings is 1. The van der Waals surface area contributed by atoms with Crippen LogP contribution in [0.25, 0.3) is 24.5 Å². The van der Waals surface area contributed by atoms with Crippen LogP contribution in [0.1, 0.15) is 0 Å². The minimum atomic E-state index is -0.264. The molecule has 0 bridgehead atoms. The molecular weight excluding hydrogens is 319 g/mol. The van der Waals surface area contributed by atoms with Gasteiger partial charge in [0.2, 0.25) is 0 Å². The van der Waals surface area contributed by atoms with Crippen LogP contribution in [0.4, 0.5) is 0 Å². The normalized spacial score (nSPS) is 10.8. The third-order valence-electron chi connectivity index (χ3n) is 3.39. The molecule has 3 rings (SSSR count). The van der Waals surface area contributed by atoms with Crippen molar-refractivity contribution in [2.24, 2.45) is 0 Å². The van der Waals surface area contributed by atoms with Crippen molar-refractivity contribution in [1.82, 2.24) is 9.13 Å². The Labute approximate surface area is 137 Å². The molecule has 0 saturated heterocycles. The van der Waals surface area contributed by atoms with Gasteiger partial charge in [-0.25, -0.2) is 4.79 Å². The summed E-state index contributed by atoms with van der Waals surface area (Å²) in [7, 11) is 0. The van der Waals surface area contributed by atoms with E-state index in [1.54, 1.807) is 48.5 Å². The van der Waals surface area contributed by atoms with Gasteiger partial charge in [-0.2, -0.15) is 0 Å². The molecule has 3 nitrogen and oxygen atoms in total. The first-order chi connectivity index (χ1) is 10.5. The van der Waals surface area contributed by atoms with E-state index in [-0.39, 0.29) is 5.69 Å². The lowest BCUT2D eigenvalue weighted by atomic mass is 10.3. The Bertz CT molecular complexity index is 938. The molecule has 3 aromatic rings. The molecule has 110 valence electrons. The van der Waals surface area contributed by atoms with Crippen molar-refractivity contribution in [2.75, 3.05) is 0 Å². The predicted octanol–water partition coefficient (Wildman–Crippen LogP) is 2.76. The summed E-state index contributed by atoms with van der Waals surface area (Å²) in [6.45, 7) is 7.92. The van der Waals surface area contributed by atoms with Crippen LogP contribution in [0.5, 0.6) is 0 Å². The van der Waals surface area contributed by atoms with Gasteiger partial charge in [0.25, 0.3) is 0 Å². The molecule has 0 fully saturated rings. The maximum atomic E-state index is 12.8. The van der Waals surface area contributed by atoms with Gasteiger partial charge in [0.05, 0.1) is 22.1 Å². The van der Waals surface area contributed by atoms with E-state index in [0.29, 0.717) is 32.1 Å². The van der Waals surface area contributed by atoms with Crippen molar-refractivity contribution in [1.29, 1.82) is 0 Å². The Morgan fingerprint density at radius 1 is 0.773 bits per heavy atom. The van der Waals surface area contributed by atoms with Gasteiger partial charge in [-0.1, -0.05) is 48.5 Å². The minimum Gasteiger partial charge on any atom is -0.261 e. The standard InChI is InChI=1S/C17H12Cl2N2O/c1-11-12(2)21(16-8-4-6-14(19)10-16)17(22)20(11)15-7-3-5-13(18)9-15/h3-10H,1-2H2. The number of aromatic nitrogens is 2. The van der Waals surface area contributed by atoms with Crippen LogP contribution in [0.2, 0.25) is 10.0 Å². The van der Waals surface area contributed by atoms with Crippen molar-refractivity contribution in [3.05, 3.63) is 79.8 Å². The number of nitrogens with zero attached hydrogens (tertiary/aromatic N) is 2. The van der Waals surface area contributed by atoms with E-state index in [0.717, 1.165) is 0 Å². The minimum absolute atomic E-state index is 0.264. The monoisotopic (exact) mass is 330 g/mol. The van der Waals surface area contributed by atoms with Gasteiger partial charge >= 0.3 is 5.69 Å². The second-order valence-electron chi connectivity index (χ2n) is 4.81. The van der Waals surface area contributed by atoms with E-state index < -0.39 is 0 Å². The molecule has 5 heteroatoms. The second-order valence-corrected chi connectivity index (χ2v) is 5.68. The molecule has 0 aliphatic rings. The summed E-state index contributed by atoms with van der Waals surface area (Å²) < 4.78 is 2.96. The maximum Gasteiger partial charge on any atom is 0.338 e. The van der Waals surface area contributed by atoms with E-state index in [1.807, 2.05) is 0 Å². The maximum absolute atomic E-state index is 12.8. The predicted molar refractivity (Wildman–Crippen MR) is 91.7 cm³/mol. The third-order valence-corrected chi connectivity index (χ3v) is 3.86. The molecule has 0 radical (unpaired) electrons. The molecule has 0 amide bonds. The van der Waals surface area contributed by atoms with Crippen LogP contribution in [0.15, 0.2) is 53.3 Å². The Hall–Kier alpha value is -2.23. The van der Waals surface area contributed by atoms with E-state index >= 15 is 0 Å². The van der Waals surface area contributed by atoms with Gasteiger partial charge in [0, 0.05) is 10.0 Å². The highest BCUT2D eigenvalue weighted by atomic mass is 35.5. The molecule has 2 aromatic carbocycles. The Morgan fingerprint density at radius 3 is 1.55 bits per heavy atom. The summed E-state index contributed by atoms with van der Waals surface area (Å²) in [5.41, 5.74) is 1.03. The number of benzene rings is 2. The zero-order valence-corrected chi connectivity index (χ0v) is 13.1. The van der Waals surface area contributed by atoms with Crippen molar-refractivity contribution >= 4 is 36.4 Å². The molecule has 0 spiro atoms. The zero-order valence-electron chi connectivity index (χ0n) is 11.6. The van der Waals surface area contributed by atoms with Crippen LogP contribution < -0.4 is 16.4 Å². The first-order valence-corrected chi connectivity index (χ1v) is 7.28. The van der Waals surface area contributed by atoms with Crippen LogP contribution in [0.3, 0.4) is 0 Å². The smallest absolute Gasteiger partial charge is 0.261 e. The highest BCUT2D eigenvalue weighted by Crippen LogP contribution is 2.14. The van der Waals surface area contributed by atoms with Crippen LogP contribution in [0, 0.1) is 0 Å². The van der Waals surface area contributed by atoms with Gasteiger partial charge in [-0.05, 0) is 36.4 Å². The summed E-state index contributed by atoms with van der Waals surface area (Å²) in [5.74, 6) is 0. The lowest BCUT2D eigenvalue weighted by molar-refractivity contribution is 0.894. The summed E-state index contributed by atoms with van der Waals surface area (Å²) in [4.78, 5) is 12.8. The van der Waals surface area contributed by atoms with Crippen molar-refractivity contribution in [2.45, 2.75) is 0 Å². The average molecular weight is 331 g/mol. The van der Waals surface area contributed by atoms with Crippen LogP contribution in [-0.2, 0) is 0 Å².